The van der Waals surface area contributed by atoms with Crippen LogP contribution in [0, 0.1) is 20.8 Å². The summed E-state index contributed by atoms with van der Waals surface area (Å²) < 4.78 is 0. The maximum absolute atomic E-state index is 6.07. The molecule has 0 atom stereocenters. The third-order valence-electron chi connectivity index (χ3n) is 2.97. The van der Waals surface area contributed by atoms with Crippen molar-refractivity contribution in [1.29, 1.82) is 0 Å². The van der Waals surface area contributed by atoms with Crippen LogP contribution >= 0.6 is 11.6 Å². The molecule has 1 aromatic carbocycles. The third-order valence-corrected chi connectivity index (χ3v) is 3.24. The van der Waals surface area contributed by atoms with Crippen LogP contribution in [0.3, 0.4) is 0 Å². The van der Waals surface area contributed by atoms with Crippen LogP contribution in [0.1, 0.15) is 22.5 Å². The highest BCUT2D eigenvalue weighted by molar-refractivity contribution is 6.31. The zero-order chi connectivity index (χ0) is 13.1. The summed E-state index contributed by atoms with van der Waals surface area (Å²) in [5, 5.41) is 3.66. The first-order chi connectivity index (χ1) is 8.58. The Morgan fingerprint density at radius 2 is 1.72 bits per heavy atom. The van der Waals surface area contributed by atoms with E-state index in [0.717, 1.165) is 11.4 Å². The van der Waals surface area contributed by atoms with E-state index in [1.165, 1.54) is 11.1 Å². The van der Waals surface area contributed by atoms with Crippen LogP contribution in [-0.2, 0) is 6.54 Å². The van der Waals surface area contributed by atoms with E-state index in [2.05, 4.69) is 34.3 Å². The molecule has 0 amide bonds. The lowest BCUT2D eigenvalue weighted by molar-refractivity contribution is 1.01. The molecule has 18 heavy (non-hydrogen) atoms. The molecule has 0 bridgehead atoms. The standard InChI is InChI=1S/C14H16ClN3/c1-9-6-4-5-7-12(9)8-16-14-13(15)17-10(2)11(3)18-14/h4-7H,8H2,1-3H3,(H,16,18). The fourth-order valence-corrected chi connectivity index (χ4v) is 1.91. The van der Waals surface area contributed by atoms with Gasteiger partial charge in [-0.15, -0.1) is 0 Å². The first-order valence-corrected chi connectivity index (χ1v) is 6.25. The van der Waals surface area contributed by atoms with Gasteiger partial charge in [0.1, 0.15) is 0 Å². The normalized spacial score (nSPS) is 10.4. The van der Waals surface area contributed by atoms with Gasteiger partial charge in [0.25, 0.3) is 0 Å². The Hall–Kier alpha value is -1.61. The number of benzene rings is 1. The van der Waals surface area contributed by atoms with E-state index >= 15 is 0 Å². The highest BCUT2D eigenvalue weighted by Gasteiger charge is 2.07. The second-order valence-electron chi connectivity index (χ2n) is 4.31. The lowest BCUT2D eigenvalue weighted by Crippen LogP contribution is -2.06. The van der Waals surface area contributed by atoms with E-state index in [-0.39, 0.29) is 0 Å². The minimum Gasteiger partial charge on any atom is -0.363 e. The SMILES string of the molecule is Cc1ccccc1CNc1nc(C)c(C)nc1Cl. The van der Waals surface area contributed by atoms with Crippen molar-refractivity contribution in [3.8, 4) is 0 Å². The van der Waals surface area contributed by atoms with Gasteiger partial charge in [-0.05, 0) is 31.9 Å². The van der Waals surface area contributed by atoms with Crippen LogP contribution in [-0.4, -0.2) is 9.97 Å². The first kappa shape index (κ1) is 12.8. The average Bonchev–Trinajstić information content (AvgIpc) is 2.34. The lowest BCUT2D eigenvalue weighted by atomic mass is 10.1. The summed E-state index contributed by atoms with van der Waals surface area (Å²) in [5.41, 5.74) is 4.24. The smallest absolute Gasteiger partial charge is 0.171 e. The van der Waals surface area contributed by atoms with Gasteiger partial charge in [0.2, 0.25) is 0 Å². The fraction of sp³-hybridized carbons (Fsp3) is 0.286. The minimum absolute atomic E-state index is 0.423. The predicted octanol–water partition coefficient (Wildman–Crippen LogP) is 3.67. The van der Waals surface area contributed by atoms with Gasteiger partial charge in [0.15, 0.2) is 11.0 Å². The van der Waals surface area contributed by atoms with Gasteiger partial charge in [-0.3, -0.25) is 0 Å². The van der Waals surface area contributed by atoms with Crippen LogP contribution in [0.25, 0.3) is 0 Å². The minimum atomic E-state index is 0.423. The largest absolute Gasteiger partial charge is 0.363 e. The molecule has 1 aromatic heterocycles. The average molecular weight is 262 g/mol. The molecule has 94 valence electrons. The van der Waals surface area contributed by atoms with Gasteiger partial charge in [-0.2, -0.15) is 0 Å². The van der Waals surface area contributed by atoms with Crippen molar-refractivity contribution in [3.63, 3.8) is 0 Å². The molecule has 0 saturated carbocycles. The van der Waals surface area contributed by atoms with Crippen molar-refractivity contribution >= 4 is 17.4 Å². The Morgan fingerprint density at radius 1 is 1.06 bits per heavy atom. The zero-order valence-electron chi connectivity index (χ0n) is 10.8. The van der Waals surface area contributed by atoms with Crippen molar-refractivity contribution < 1.29 is 0 Å². The summed E-state index contributed by atoms with van der Waals surface area (Å²) in [5.74, 6) is 0.642. The molecule has 1 heterocycles. The molecular weight excluding hydrogens is 246 g/mol. The molecule has 0 aliphatic heterocycles. The molecular formula is C14H16ClN3. The molecule has 2 rings (SSSR count). The number of aromatic nitrogens is 2. The van der Waals surface area contributed by atoms with Crippen molar-refractivity contribution in [3.05, 3.63) is 51.9 Å². The number of anilines is 1. The number of halogens is 1. The molecule has 4 heteroatoms. The van der Waals surface area contributed by atoms with E-state index in [9.17, 15) is 0 Å². The summed E-state index contributed by atoms with van der Waals surface area (Å²) in [6, 6.07) is 8.23. The van der Waals surface area contributed by atoms with E-state index in [1.807, 2.05) is 26.0 Å². The Labute approximate surface area is 112 Å². The Bertz CT molecular complexity index is 567. The zero-order valence-corrected chi connectivity index (χ0v) is 11.5. The first-order valence-electron chi connectivity index (χ1n) is 5.87. The molecule has 0 spiro atoms. The van der Waals surface area contributed by atoms with Crippen LogP contribution in [0.2, 0.25) is 5.15 Å². The van der Waals surface area contributed by atoms with Crippen molar-refractivity contribution in [2.75, 3.05) is 5.32 Å². The predicted molar refractivity (Wildman–Crippen MR) is 75.0 cm³/mol. The van der Waals surface area contributed by atoms with Gasteiger partial charge >= 0.3 is 0 Å². The summed E-state index contributed by atoms with van der Waals surface area (Å²) in [6.45, 7) is 6.62. The van der Waals surface area contributed by atoms with Crippen LogP contribution in [0.4, 0.5) is 5.82 Å². The van der Waals surface area contributed by atoms with E-state index in [0.29, 0.717) is 17.5 Å². The molecule has 0 aliphatic rings. The lowest BCUT2D eigenvalue weighted by Gasteiger charge is -2.10. The maximum atomic E-state index is 6.07. The third kappa shape index (κ3) is 2.79. The van der Waals surface area contributed by atoms with Crippen LogP contribution in [0.15, 0.2) is 24.3 Å². The maximum Gasteiger partial charge on any atom is 0.171 e. The molecule has 0 fully saturated rings. The topological polar surface area (TPSA) is 37.8 Å². The highest BCUT2D eigenvalue weighted by Crippen LogP contribution is 2.19. The summed E-state index contributed by atoms with van der Waals surface area (Å²) in [4.78, 5) is 8.66. The quantitative estimate of drug-likeness (QED) is 0.916. The van der Waals surface area contributed by atoms with Crippen molar-refractivity contribution in [2.45, 2.75) is 27.3 Å². The van der Waals surface area contributed by atoms with E-state index < -0.39 is 0 Å². The monoisotopic (exact) mass is 261 g/mol. The van der Waals surface area contributed by atoms with E-state index in [1.54, 1.807) is 0 Å². The van der Waals surface area contributed by atoms with Crippen molar-refractivity contribution in [1.82, 2.24) is 9.97 Å². The van der Waals surface area contributed by atoms with Crippen LogP contribution < -0.4 is 5.32 Å². The number of hydrogen-bond donors (Lipinski definition) is 1. The molecule has 0 unspecified atom stereocenters. The van der Waals surface area contributed by atoms with Crippen LogP contribution in [0.5, 0.6) is 0 Å². The summed E-state index contributed by atoms with van der Waals surface area (Å²) in [7, 11) is 0. The fourth-order valence-electron chi connectivity index (χ4n) is 1.68. The van der Waals surface area contributed by atoms with E-state index in [4.69, 9.17) is 11.6 Å². The van der Waals surface area contributed by atoms with Gasteiger partial charge in [-0.1, -0.05) is 35.9 Å². The number of hydrogen-bond acceptors (Lipinski definition) is 3. The Balaban J connectivity index is 2.16. The molecule has 1 N–H and O–H groups in total. The number of nitrogens with zero attached hydrogens (tertiary/aromatic N) is 2. The molecule has 0 saturated heterocycles. The molecule has 2 aromatic rings. The Kier molecular flexibility index (Phi) is 3.82. The second-order valence-corrected chi connectivity index (χ2v) is 4.67. The van der Waals surface area contributed by atoms with Gasteiger partial charge in [0, 0.05) is 6.54 Å². The van der Waals surface area contributed by atoms with Gasteiger partial charge in [-0.25, -0.2) is 9.97 Å². The highest BCUT2D eigenvalue weighted by atomic mass is 35.5. The summed E-state index contributed by atoms with van der Waals surface area (Å²) in [6.07, 6.45) is 0. The van der Waals surface area contributed by atoms with Crippen molar-refractivity contribution in [2.24, 2.45) is 0 Å². The summed E-state index contributed by atoms with van der Waals surface area (Å²) >= 11 is 6.07. The molecule has 3 nitrogen and oxygen atoms in total. The molecule has 0 aliphatic carbocycles. The molecule has 0 radical (unpaired) electrons. The number of aryl methyl sites for hydroxylation is 3. The Morgan fingerprint density at radius 3 is 2.44 bits per heavy atom. The number of rotatable bonds is 3. The second kappa shape index (κ2) is 5.36. The van der Waals surface area contributed by atoms with Gasteiger partial charge < -0.3 is 5.32 Å². The number of nitrogens with one attached hydrogen (secondary N) is 1. The van der Waals surface area contributed by atoms with Gasteiger partial charge in [0.05, 0.1) is 11.4 Å².